The van der Waals surface area contributed by atoms with Gasteiger partial charge in [0, 0.05) is 6.61 Å². The van der Waals surface area contributed by atoms with E-state index in [1.807, 2.05) is 0 Å². The van der Waals surface area contributed by atoms with Gasteiger partial charge < -0.3 is 14.6 Å². The third-order valence-corrected chi connectivity index (χ3v) is 14.8. The lowest BCUT2D eigenvalue weighted by Crippen LogP contribution is -2.53. The van der Waals surface area contributed by atoms with Crippen LogP contribution in [0.2, 0.25) is 18.1 Å². The molecule has 0 unspecified atom stereocenters. The van der Waals surface area contributed by atoms with Gasteiger partial charge in [0.1, 0.15) is 0 Å². The Labute approximate surface area is 186 Å². The standard InChI is InChI=1S/C26H48O3Si/c1-18-9-10-21-23(28)22(12-15-25(18,21)5)26(6)14-11-20(27)17-19(26)13-16-29-30(7,8)24(2,3)4/h19-23,27-28H,1,9-17H2,2-8H3/t19-,20-,21-,22-,23-,25+,26-/m0/s1. The van der Waals surface area contributed by atoms with Gasteiger partial charge in [-0.1, -0.05) is 46.8 Å². The molecular formula is C26H48O3Si. The number of rotatable bonds is 5. The fraction of sp³-hybridized carbons (Fsp3) is 0.923. The van der Waals surface area contributed by atoms with Crippen LogP contribution in [0.4, 0.5) is 0 Å². The van der Waals surface area contributed by atoms with E-state index >= 15 is 0 Å². The highest BCUT2D eigenvalue weighted by atomic mass is 28.4. The number of fused-ring (bicyclic) bond motifs is 1. The molecule has 0 aromatic carbocycles. The molecule has 3 aliphatic carbocycles. The topological polar surface area (TPSA) is 49.7 Å². The Hall–Kier alpha value is -0.163. The third-order valence-electron chi connectivity index (χ3n) is 10.3. The zero-order valence-electron chi connectivity index (χ0n) is 20.8. The Balaban J connectivity index is 1.74. The van der Waals surface area contributed by atoms with Gasteiger partial charge in [-0.25, -0.2) is 0 Å². The predicted molar refractivity (Wildman–Crippen MR) is 128 cm³/mol. The Bertz CT molecular complexity index is 639. The van der Waals surface area contributed by atoms with Crippen molar-refractivity contribution in [3.05, 3.63) is 12.2 Å². The van der Waals surface area contributed by atoms with Gasteiger partial charge in [0.25, 0.3) is 0 Å². The molecule has 3 aliphatic rings. The third kappa shape index (κ3) is 4.23. The average Bonchev–Trinajstić information content (AvgIpc) is 2.93. The normalized spacial score (nSPS) is 43.0. The Morgan fingerprint density at radius 1 is 1.07 bits per heavy atom. The van der Waals surface area contributed by atoms with E-state index in [0.717, 1.165) is 58.0 Å². The molecule has 2 N–H and O–H groups in total. The van der Waals surface area contributed by atoms with E-state index in [2.05, 4.69) is 54.3 Å². The molecule has 30 heavy (non-hydrogen) atoms. The number of aliphatic hydroxyl groups is 2. The number of allylic oxidation sites excluding steroid dienone is 1. The van der Waals surface area contributed by atoms with Crippen LogP contribution in [0.3, 0.4) is 0 Å². The highest BCUT2D eigenvalue weighted by Crippen LogP contribution is 2.61. The molecule has 0 spiro atoms. The van der Waals surface area contributed by atoms with E-state index in [0.29, 0.717) is 17.8 Å². The summed E-state index contributed by atoms with van der Waals surface area (Å²) in [4.78, 5) is 0. The van der Waals surface area contributed by atoms with Gasteiger partial charge in [0.15, 0.2) is 8.32 Å². The molecule has 0 aliphatic heterocycles. The van der Waals surface area contributed by atoms with Gasteiger partial charge in [-0.05, 0) is 98.1 Å². The molecular weight excluding hydrogens is 388 g/mol. The van der Waals surface area contributed by atoms with Crippen LogP contribution in [0.15, 0.2) is 12.2 Å². The largest absolute Gasteiger partial charge is 0.417 e. The van der Waals surface area contributed by atoms with Crippen LogP contribution in [0.5, 0.6) is 0 Å². The average molecular weight is 437 g/mol. The lowest BCUT2D eigenvalue weighted by molar-refractivity contribution is -0.121. The predicted octanol–water partition coefficient (Wildman–Crippen LogP) is 6.31. The maximum Gasteiger partial charge on any atom is 0.191 e. The number of hydrogen-bond acceptors (Lipinski definition) is 3. The van der Waals surface area contributed by atoms with Crippen molar-refractivity contribution in [2.45, 2.75) is 116 Å². The molecule has 4 heteroatoms. The van der Waals surface area contributed by atoms with Gasteiger partial charge in [-0.3, -0.25) is 0 Å². The minimum atomic E-state index is -1.76. The summed E-state index contributed by atoms with van der Waals surface area (Å²) in [6, 6.07) is 0. The van der Waals surface area contributed by atoms with Gasteiger partial charge in [0.2, 0.25) is 0 Å². The molecule has 3 saturated carbocycles. The molecule has 0 amide bonds. The molecule has 3 fully saturated rings. The lowest BCUT2D eigenvalue weighted by Gasteiger charge is -2.55. The molecule has 0 radical (unpaired) electrons. The summed E-state index contributed by atoms with van der Waals surface area (Å²) in [7, 11) is -1.76. The van der Waals surface area contributed by atoms with Crippen molar-refractivity contribution in [2.75, 3.05) is 6.61 Å². The molecule has 3 nitrogen and oxygen atoms in total. The summed E-state index contributed by atoms with van der Waals surface area (Å²) in [5.74, 6) is 1.10. The van der Waals surface area contributed by atoms with Crippen molar-refractivity contribution >= 4 is 8.32 Å². The molecule has 0 aromatic heterocycles. The lowest BCUT2D eigenvalue weighted by atomic mass is 9.51. The van der Waals surface area contributed by atoms with E-state index in [-0.39, 0.29) is 28.1 Å². The first-order chi connectivity index (χ1) is 13.7. The van der Waals surface area contributed by atoms with Crippen molar-refractivity contribution in [1.29, 1.82) is 0 Å². The minimum Gasteiger partial charge on any atom is -0.417 e. The van der Waals surface area contributed by atoms with Crippen molar-refractivity contribution < 1.29 is 14.6 Å². The highest BCUT2D eigenvalue weighted by Gasteiger charge is 2.56. The zero-order chi connectivity index (χ0) is 22.5. The first-order valence-corrected chi connectivity index (χ1v) is 15.3. The monoisotopic (exact) mass is 436 g/mol. The first-order valence-electron chi connectivity index (χ1n) is 12.4. The van der Waals surface area contributed by atoms with Crippen LogP contribution in [0.1, 0.15) is 86.0 Å². The van der Waals surface area contributed by atoms with E-state index in [4.69, 9.17) is 4.43 Å². The van der Waals surface area contributed by atoms with Gasteiger partial charge >= 0.3 is 0 Å². The molecule has 0 bridgehead atoms. The zero-order valence-corrected chi connectivity index (χ0v) is 21.8. The summed E-state index contributed by atoms with van der Waals surface area (Å²) in [6.07, 6.45) is 7.70. The quantitative estimate of drug-likeness (QED) is 0.392. The molecule has 7 atom stereocenters. The van der Waals surface area contributed by atoms with Crippen LogP contribution in [-0.2, 0) is 4.43 Å². The van der Waals surface area contributed by atoms with Crippen LogP contribution >= 0.6 is 0 Å². The number of hydrogen-bond donors (Lipinski definition) is 2. The Morgan fingerprint density at radius 3 is 2.37 bits per heavy atom. The van der Waals surface area contributed by atoms with E-state index < -0.39 is 8.32 Å². The Kier molecular flexibility index (Phi) is 6.79. The van der Waals surface area contributed by atoms with Crippen molar-refractivity contribution in [3.63, 3.8) is 0 Å². The van der Waals surface area contributed by atoms with E-state index in [9.17, 15) is 10.2 Å². The molecule has 174 valence electrons. The molecule has 0 saturated heterocycles. The van der Waals surface area contributed by atoms with Crippen LogP contribution < -0.4 is 0 Å². The summed E-state index contributed by atoms with van der Waals surface area (Å²) in [5.41, 5.74) is 1.57. The number of aliphatic hydroxyl groups excluding tert-OH is 2. The molecule has 0 heterocycles. The van der Waals surface area contributed by atoms with Crippen molar-refractivity contribution in [3.8, 4) is 0 Å². The van der Waals surface area contributed by atoms with Crippen molar-refractivity contribution in [2.24, 2.45) is 28.6 Å². The van der Waals surface area contributed by atoms with Crippen LogP contribution in [-0.4, -0.2) is 37.3 Å². The summed E-state index contributed by atoms with van der Waals surface area (Å²) in [6.45, 7) is 21.4. The second-order valence-electron chi connectivity index (χ2n) is 12.8. The highest BCUT2D eigenvalue weighted by molar-refractivity contribution is 6.74. The summed E-state index contributed by atoms with van der Waals surface area (Å²) < 4.78 is 6.52. The smallest absolute Gasteiger partial charge is 0.191 e. The Morgan fingerprint density at radius 2 is 1.73 bits per heavy atom. The summed E-state index contributed by atoms with van der Waals surface area (Å²) in [5, 5.41) is 22.3. The van der Waals surface area contributed by atoms with Crippen LogP contribution in [0, 0.1) is 28.6 Å². The van der Waals surface area contributed by atoms with Gasteiger partial charge in [-0.2, -0.15) is 0 Å². The molecule has 3 rings (SSSR count). The maximum absolute atomic E-state index is 11.6. The van der Waals surface area contributed by atoms with Gasteiger partial charge in [-0.15, -0.1) is 0 Å². The fourth-order valence-corrected chi connectivity index (χ4v) is 7.80. The fourth-order valence-electron chi connectivity index (χ4n) is 6.74. The van der Waals surface area contributed by atoms with Crippen LogP contribution in [0.25, 0.3) is 0 Å². The second kappa shape index (κ2) is 8.32. The second-order valence-corrected chi connectivity index (χ2v) is 17.6. The summed E-state index contributed by atoms with van der Waals surface area (Å²) >= 11 is 0. The minimum absolute atomic E-state index is 0.0840. The maximum atomic E-state index is 11.6. The van der Waals surface area contributed by atoms with E-state index in [1.165, 1.54) is 5.57 Å². The SMILES string of the molecule is C=C1CC[C@H]2[C@H](O)[C@@H]([C@@]3(C)CC[C@H](O)C[C@@H]3CCO[Si](C)(C)C(C)(C)C)CC[C@]12C. The van der Waals surface area contributed by atoms with E-state index in [1.54, 1.807) is 0 Å². The van der Waals surface area contributed by atoms with Crippen molar-refractivity contribution in [1.82, 2.24) is 0 Å². The van der Waals surface area contributed by atoms with Gasteiger partial charge in [0.05, 0.1) is 12.2 Å². The first kappa shape index (κ1) is 24.5. The molecule has 0 aromatic rings.